The molecule has 0 heterocycles. The van der Waals surface area contributed by atoms with E-state index in [0.29, 0.717) is 28.4 Å². The van der Waals surface area contributed by atoms with Crippen molar-refractivity contribution in [2.75, 3.05) is 17.7 Å². The molecular weight excluding hydrogens is 478 g/mol. The van der Waals surface area contributed by atoms with Gasteiger partial charge in [0.05, 0.1) is 16.5 Å². The Kier molecular flexibility index (Phi) is 6.30. The zero-order valence-corrected chi connectivity index (χ0v) is 19.0. The normalized spacial score (nSPS) is 14.1. The Bertz CT molecular complexity index is 1380. The molecule has 0 unspecified atom stereocenters. The van der Waals surface area contributed by atoms with Crippen molar-refractivity contribution in [1.82, 2.24) is 0 Å². The summed E-state index contributed by atoms with van der Waals surface area (Å²) < 4.78 is 53.2. The molecule has 0 bridgehead atoms. The molecule has 4 N–H and O–H groups in total. The van der Waals surface area contributed by atoms with Crippen LogP contribution in [0.5, 0.6) is 0 Å². The Balaban J connectivity index is 1.63. The van der Waals surface area contributed by atoms with E-state index in [4.69, 9.17) is 5.41 Å². The average molecular weight is 499 g/mol. The number of carbonyl (C=O) groups is 2. The van der Waals surface area contributed by atoms with Crippen molar-refractivity contribution in [2.24, 2.45) is 0 Å². The summed E-state index contributed by atoms with van der Waals surface area (Å²) in [5.74, 6) is -2.98. The number of amides is 1. The molecule has 0 aromatic heterocycles. The second-order valence-corrected chi connectivity index (χ2v) is 8.49. The van der Waals surface area contributed by atoms with Crippen LogP contribution in [0.4, 0.5) is 28.9 Å². The maximum absolute atomic E-state index is 14.6. The molecular formula is C26H21F4N3O3. The van der Waals surface area contributed by atoms with Gasteiger partial charge < -0.3 is 21.1 Å². The highest BCUT2D eigenvalue weighted by molar-refractivity contribution is 6.04. The smallest absolute Gasteiger partial charge is 0.416 e. The van der Waals surface area contributed by atoms with Crippen LogP contribution in [-0.2, 0) is 16.4 Å². The molecule has 1 fully saturated rings. The van der Waals surface area contributed by atoms with E-state index in [-0.39, 0.29) is 29.7 Å². The Labute approximate surface area is 203 Å². The van der Waals surface area contributed by atoms with E-state index in [1.54, 1.807) is 25.2 Å². The van der Waals surface area contributed by atoms with Crippen LogP contribution in [0, 0.1) is 11.2 Å². The van der Waals surface area contributed by atoms with Crippen LogP contribution in [0.1, 0.15) is 39.9 Å². The fraction of sp³-hybridized carbons (Fsp3) is 0.192. The van der Waals surface area contributed by atoms with Crippen LogP contribution in [0.15, 0.2) is 54.6 Å². The van der Waals surface area contributed by atoms with Gasteiger partial charge in [0.2, 0.25) is 5.91 Å². The maximum atomic E-state index is 14.6. The van der Waals surface area contributed by atoms with E-state index in [1.807, 2.05) is 0 Å². The van der Waals surface area contributed by atoms with Crippen LogP contribution in [0.3, 0.4) is 0 Å². The van der Waals surface area contributed by atoms with Crippen molar-refractivity contribution < 1.29 is 32.3 Å². The highest BCUT2D eigenvalue weighted by Gasteiger charge is 2.53. The van der Waals surface area contributed by atoms with Gasteiger partial charge in [0.15, 0.2) is 0 Å². The Morgan fingerprint density at radius 1 is 1.06 bits per heavy atom. The highest BCUT2D eigenvalue weighted by atomic mass is 19.4. The third-order valence-electron chi connectivity index (χ3n) is 6.29. The van der Waals surface area contributed by atoms with Crippen molar-refractivity contribution in [3.05, 3.63) is 82.7 Å². The molecule has 4 rings (SSSR count). The average Bonchev–Trinajstić information content (AvgIpc) is 3.65. The zero-order valence-electron chi connectivity index (χ0n) is 19.0. The third kappa shape index (κ3) is 4.53. The number of anilines is 2. The summed E-state index contributed by atoms with van der Waals surface area (Å²) in [6.07, 6.45) is -3.05. The molecule has 1 aliphatic carbocycles. The number of carboxylic acid groups (broad SMARTS) is 1. The summed E-state index contributed by atoms with van der Waals surface area (Å²) in [6.45, 7) is 0. The lowest BCUT2D eigenvalue weighted by Gasteiger charge is -2.18. The SMILES string of the molecule is CNc1cc(-c2ccc(NC(=O)C3(c4ccc(C(F)(F)F)cc4F)CC3)cc2C(=O)O)ccc1C=N. The zero-order chi connectivity index (χ0) is 26.3. The highest BCUT2D eigenvalue weighted by Crippen LogP contribution is 2.50. The maximum Gasteiger partial charge on any atom is 0.416 e. The van der Waals surface area contributed by atoms with Crippen molar-refractivity contribution in [3.63, 3.8) is 0 Å². The number of hydrogen-bond donors (Lipinski definition) is 4. The van der Waals surface area contributed by atoms with Crippen molar-refractivity contribution in [3.8, 4) is 11.1 Å². The van der Waals surface area contributed by atoms with Gasteiger partial charge in [0, 0.05) is 35.8 Å². The summed E-state index contributed by atoms with van der Waals surface area (Å²) in [4.78, 5) is 25.0. The first-order valence-electron chi connectivity index (χ1n) is 10.9. The predicted molar refractivity (Wildman–Crippen MR) is 127 cm³/mol. The Hall–Kier alpha value is -4.21. The van der Waals surface area contributed by atoms with Gasteiger partial charge in [-0.05, 0) is 54.3 Å². The fourth-order valence-electron chi connectivity index (χ4n) is 4.19. The predicted octanol–water partition coefficient (Wildman–Crippen LogP) is 5.92. The fourth-order valence-corrected chi connectivity index (χ4v) is 4.19. The first-order valence-corrected chi connectivity index (χ1v) is 10.9. The van der Waals surface area contributed by atoms with Gasteiger partial charge in [-0.2, -0.15) is 13.2 Å². The molecule has 186 valence electrons. The van der Waals surface area contributed by atoms with Gasteiger partial charge >= 0.3 is 12.1 Å². The summed E-state index contributed by atoms with van der Waals surface area (Å²) in [6, 6.07) is 11.5. The number of aromatic carboxylic acids is 1. The number of carbonyl (C=O) groups excluding carboxylic acids is 1. The Morgan fingerprint density at radius 2 is 1.78 bits per heavy atom. The largest absolute Gasteiger partial charge is 0.478 e. The van der Waals surface area contributed by atoms with Gasteiger partial charge in [0.1, 0.15) is 5.82 Å². The minimum atomic E-state index is -4.71. The molecule has 0 radical (unpaired) electrons. The van der Waals surface area contributed by atoms with Crippen LogP contribution in [-0.4, -0.2) is 30.2 Å². The van der Waals surface area contributed by atoms with Crippen LogP contribution >= 0.6 is 0 Å². The molecule has 10 heteroatoms. The standard InChI is InChI=1S/C26H21F4N3O3/c1-32-22-10-14(2-3-15(22)13-31)18-6-5-17(12-19(18)23(34)35)33-24(36)25(8-9-25)20-7-4-16(11-21(20)27)26(28,29)30/h2-7,10-13,31-32H,8-9H2,1H3,(H,33,36)(H,34,35). The van der Waals surface area contributed by atoms with E-state index in [2.05, 4.69) is 10.6 Å². The number of rotatable bonds is 7. The van der Waals surface area contributed by atoms with Crippen molar-refractivity contribution >= 4 is 29.5 Å². The molecule has 6 nitrogen and oxygen atoms in total. The number of alkyl halides is 3. The van der Waals surface area contributed by atoms with Crippen LogP contribution in [0.25, 0.3) is 11.1 Å². The van der Waals surface area contributed by atoms with E-state index in [9.17, 15) is 32.3 Å². The van der Waals surface area contributed by atoms with E-state index < -0.39 is 34.8 Å². The number of hydrogen-bond acceptors (Lipinski definition) is 4. The first kappa shape index (κ1) is 24.9. The van der Waals surface area contributed by atoms with E-state index >= 15 is 0 Å². The van der Waals surface area contributed by atoms with Crippen molar-refractivity contribution in [1.29, 1.82) is 5.41 Å². The molecule has 3 aromatic rings. The Morgan fingerprint density at radius 3 is 2.33 bits per heavy atom. The number of nitrogens with one attached hydrogen (secondary N) is 3. The number of halogens is 4. The molecule has 1 saturated carbocycles. The molecule has 36 heavy (non-hydrogen) atoms. The quantitative estimate of drug-likeness (QED) is 0.239. The van der Waals surface area contributed by atoms with E-state index in [1.165, 1.54) is 24.4 Å². The first-order chi connectivity index (χ1) is 17.0. The molecule has 1 aliphatic rings. The summed E-state index contributed by atoms with van der Waals surface area (Å²) in [7, 11) is 1.68. The lowest BCUT2D eigenvalue weighted by Crippen LogP contribution is -2.29. The van der Waals surface area contributed by atoms with Crippen LogP contribution < -0.4 is 10.6 Å². The molecule has 1 amide bonds. The molecule has 0 saturated heterocycles. The second-order valence-electron chi connectivity index (χ2n) is 8.49. The van der Waals surface area contributed by atoms with Gasteiger partial charge in [0.25, 0.3) is 0 Å². The molecule has 0 atom stereocenters. The molecule has 0 aliphatic heterocycles. The molecule has 0 spiro atoms. The summed E-state index contributed by atoms with van der Waals surface area (Å²) in [5.41, 5.74) is -0.328. The summed E-state index contributed by atoms with van der Waals surface area (Å²) in [5, 5.41) is 22.8. The minimum absolute atomic E-state index is 0.0944. The topological polar surface area (TPSA) is 102 Å². The molecule has 3 aromatic carbocycles. The summed E-state index contributed by atoms with van der Waals surface area (Å²) >= 11 is 0. The lowest BCUT2D eigenvalue weighted by molar-refractivity contribution is -0.137. The number of carboxylic acids is 1. The number of benzene rings is 3. The van der Waals surface area contributed by atoms with Crippen molar-refractivity contribution in [2.45, 2.75) is 24.4 Å². The monoisotopic (exact) mass is 499 g/mol. The third-order valence-corrected chi connectivity index (χ3v) is 6.29. The second kappa shape index (κ2) is 9.10. The van der Waals surface area contributed by atoms with Gasteiger partial charge in [-0.1, -0.05) is 24.3 Å². The van der Waals surface area contributed by atoms with Gasteiger partial charge in [-0.15, -0.1) is 0 Å². The minimum Gasteiger partial charge on any atom is -0.478 e. The van der Waals surface area contributed by atoms with Gasteiger partial charge in [-0.3, -0.25) is 4.79 Å². The lowest BCUT2D eigenvalue weighted by atomic mass is 9.92. The van der Waals surface area contributed by atoms with Gasteiger partial charge in [-0.25, -0.2) is 9.18 Å². The van der Waals surface area contributed by atoms with E-state index in [0.717, 1.165) is 12.1 Å². The van der Waals surface area contributed by atoms with Crippen LogP contribution in [0.2, 0.25) is 0 Å².